The minimum Gasteiger partial charge on any atom is -0.478 e. The third kappa shape index (κ3) is 4.94. The number of amides is 1. The molecule has 2 aromatic rings. The Hall–Kier alpha value is -2.91. The summed E-state index contributed by atoms with van der Waals surface area (Å²) in [5, 5.41) is 12.4. The Bertz CT molecular complexity index is 1030. The van der Waals surface area contributed by atoms with Gasteiger partial charge in [0.05, 0.1) is 22.0 Å². The minimum atomic E-state index is -0.986. The molecule has 8 nitrogen and oxygen atoms in total. The van der Waals surface area contributed by atoms with Crippen molar-refractivity contribution in [2.45, 2.75) is 51.2 Å². The lowest BCUT2D eigenvalue weighted by molar-refractivity contribution is 0.0204. The fourth-order valence-electron chi connectivity index (χ4n) is 3.81. The van der Waals surface area contributed by atoms with Gasteiger partial charge in [0.1, 0.15) is 11.7 Å². The van der Waals surface area contributed by atoms with E-state index in [1.165, 1.54) is 0 Å². The van der Waals surface area contributed by atoms with Crippen LogP contribution in [0.25, 0.3) is 5.70 Å². The fraction of sp³-hybridized carbons (Fsp3) is 0.435. The molecule has 1 unspecified atom stereocenters. The Morgan fingerprint density at radius 1 is 1.25 bits per heavy atom. The summed E-state index contributed by atoms with van der Waals surface area (Å²) < 4.78 is 5.47. The maximum Gasteiger partial charge on any atom is 0.410 e. The van der Waals surface area contributed by atoms with Gasteiger partial charge in [0.2, 0.25) is 0 Å². The maximum absolute atomic E-state index is 12.3. The molecule has 1 aromatic heterocycles. The fourth-order valence-corrected chi connectivity index (χ4v) is 4.80. The average Bonchev–Trinajstić information content (AvgIpc) is 3.42. The maximum atomic E-state index is 12.3. The predicted octanol–water partition coefficient (Wildman–Crippen LogP) is 4.57. The number of piperidine rings is 1. The quantitative estimate of drug-likeness (QED) is 0.693. The Kier molecular flexibility index (Phi) is 6.21. The van der Waals surface area contributed by atoms with Crippen LogP contribution in [-0.2, 0) is 9.57 Å². The highest BCUT2D eigenvalue weighted by Gasteiger charge is 2.30. The number of nitrogens with one attached hydrogen (secondary N) is 1. The molecule has 2 aliphatic rings. The van der Waals surface area contributed by atoms with Crippen molar-refractivity contribution in [3.8, 4) is 0 Å². The van der Waals surface area contributed by atoms with Gasteiger partial charge in [0, 0.05) is 30.0 Å². The van der Waals surface area contributed by atoms with E-state index in [4.69, 9.17) is 14.6 Å². The number of thiazole rings is 1. The molecule has 1 fully saturated rings. The first kappa shape index (κ1) is 22.3. The number of nitrogens with zero attached hydrogens (tertiary/aromatic N) is 2. The summed E-state index contributed by atoms with van der Waals surface area (Å²) in [6.07, 6.45) is 2.76. The van der Waals surface area contributed by atoms with E-state index in [1.807, 2.05) is 32.2 Å². The van der Waals surface area contributed by atoms with E-state index in [-0.39, 0.29) is 11.7 Å². The molecule has 2 aliphatic heterocycles. The van der Waals surface area contributed by atoms with E-state index in [0.717, 1.165) is 29.2 Å². The van der Waals surface area contributed by atoms with Crippen LogP contribution in [0.5, 0.6) is 0 Å². The predicted molar refractivity (Wildman–Crippen MR) is 120 cm³/mol. The molecule has 170 valence electrons. The number of ether oxygens (including phenoxy) is 1. The number of hydroxylamine groups is 1. The number of carbonyl (C=O) groups excluding carboxylic acids is 1. The van der Waals surface area contributed by atoms with Crippen LogP contribution >= 0.6 is 11.3 Å². The first-order valence-electron chi connectivity index (χ1n) is 10.6. The van der Waals surface area contributed by atoms with Gasteiger partial charge in [-0.05, 0) is 45.8 Å². The number of carboxylic acid groups (broad SMARTS) is 1. The van der Waals surface area contributed by atoms with Crippen molar-refractivity contribution in [3.05, 3.63) is 57.6 Å². The number of carboxylic acids is 1. The standard InChI is InChI=1S/C23H27N3O5S/c1-23(2,3)30-22(29)26-10-8-14(9-11-26)20-24-18(13-32-20)17-12-19(31-25-17)15-6-4-5-7-16(15)21(27)28/h4-7,12-14,19,25H,8-11H2,1-3H3,(H,27,28). The lowest BCUT2D eigenvalue weighted by atomic mass is 9.98. The van der Waals surface area contributed by atoms with Gasteiger partial charge in [0.25, 0.3) is 0 Å². The van der Waals surface area contributed by atoms with Crippen LogP contribution < -0.4 is 5.48 Å². The minimum absolute atomic E-state index is 0.215. The third-order valence-electron chi connectivity index (χ3n) is 5.41. The number of aromatic nitrogens is 1. The van der Waals surface area contributed by atoms with Crippen molar-refractivity contribution in [1.82, 2.24) is 15.4 Å². The topological polar surface area (TPSA) is 101 Å². The second-order valence-corrected chi connectivity index (χ2v) is 9.82. The Morgan fingerprint density at radius 2 is 1.97 bits per heavy atom. The SMILES string of the molecule is CC(C)(C)OC(=O)N1CCC(c2nc(C3=CC(c4ccccc4C(=O)O)ON3)cs2)CC1. The van der Waals surface area contributed by atoms with Crippen LogP contribution in [0.3, 0.4) is 0 Å². The number of rotatable bonds is 4. The molecule has 1 atom stereocenters. The molecule has 2 N–H and O–H groups in total. The number of hydrogen-bond donors (Lipinski definition) is 2. The molecule has 0 spiro atoms. The van der Waals surface area contributed by atoms with Crippen molar-refractivity contribution >= 4 is 29.1 Å². The molecule has 0 bridgehead atoms. The lowest BCUT2D eigenvalue weighted by Gasteiger charge is -2.32. The van der Waals surface area contributed by atoms with Crippen LogP contribution in [0.1, 0.15) is 72.3 Å². The average molecular weight is 458 g/mol. The van der Waals surface area contributed by atoms with Crippen LogP contribution in [0.2, 0.25) is 0 Å². The van der Waals surface area contributed by atoms with E-state index in [1.54, 1.807) is 40.5 Å². The van der Waals surface area contributed by atoms with Gasteiger partial charge in [0.15, 0.2) is 0 Å². The van der Waals surface area contributed by atoms with E-state index in [2.05, 4.69) is 5.48 Å². The van der Waals surface area contributed by atoms with Gasteiger partial charge < -0.3 is 14.7 Å². The molecule has 32 heavy (non-hydrogen) atoms. The molecular formula is C23H27N3O5S. The zero-order chi connectivity index (χ0) is 22.9. The summed E-state index contributed by atoms with van der Waals surface area (Å²) in [7, 11) is 0. The molecule has 1 saturated heterocycles. The molecule has 0 saturated carbocycles. The number of hydrogen-bond acceptors (Lipinski definition) is 7. The van der Waals surface area contributed by atoms with E-state index >= 15 is 0 Å². The summed E-state index contributed by atoms with van der Waals surface area (Å²) in [5.74, 6) is -0.696. The molecule has 3 heterocycles. The highest BCUT2D eigenvalue weighted by Crippen LogP contribution is 2.35. The highest BCUT2D eigenvalue weighted by atomic mass is 32.1. The molecule has 4 rings (SSSR count). The van der Waals surface area contributed by atoms with Gasteiger partial charge in [-0.3, -0.25) is 10.3 Å². The van der Waals surface area contributed by atoms with Crippen molar-refractivity contribution in [3.63, 3.8) is 0 Å². The van der Waals surface area contributed by atoms with Crippen LogP contribution in [0, 0.1) is 0 Å². The van der Waals surface area contributed by atoms with Gasteiger partial charge >= 0.3 is 12.1 Å². The van der Waals surface area contributed by atoms with Crippen LogP contribution in [-0.4, -0.2) is 45.7 Å². The summed E-state index contributed by atoms with van der Waals surface area (Å²) >= 11 is 1.59. The van der Waals surface area contributed by atoms with E-state index in [0.29, 0.717) is 24.6 Å². The van der Waals surface area contributed by atoms with Gasteiger partial charge in [-0.25, -0.2) is 14.6 Å². The Balaban J connectivity index is 1.40. The zero-order valence-electron chi connectivity index (χ0n) is 18.3. The molecule has 9 heteroatoms. The molecule has 0 aliphatic carbocycles. The molecule has 1 amide bonds. The second kappa shape index (κ2) is 8.91. The van der Waals surface area contributed by atoms with Crippen molar-refractivity contribution in [2.75, 3.05) is 13.1 Å². The first-order valence-corrected chi connectivity index (χ1v) is 11.5. The number of aromatic carboxylic acids is 1. The van der Waals surface area contributed by atoms with Crippen LogP contribution in [0.4, 0.5) is 4.79 Å². The largest absolute Gasteiger partial charge is 0.478 e. The lowest BCUT2D eigenvalue weighted by Crippen LogP contribution is -2.41. The number of likely N-dealkylation sites (tertiary alicyclic amines) is 1. The van der Waals surface area contributed by atoms with Gasteiger partial charge in [-0.15, -0.1) is 11.3 Å². The van der Waals surface area contributed by atoms with Crippen molar-refractivity contribution in [2.24, 2.45) is 0 Å². The zero-order valence-corrected chi connectivity index (χ0v) is 19.1. The van der Waals surface area contributed by atoms with Crippen molar-refractivity contribution < 1.29 is 24.3 Å². The number of benzene rings is 1. The monoisotopic (exact) mass is 457 g/mol. The van der Waals surface area contributed by atoms with Gasteiger partial charge in [-0.1, -0.05) is 18.2 Å². The number of carbonyl (C=O) groups is 2. The summed E-state index contributed by atoms with van der Waals surface area (Å²) in [6, 6.07) is 6.81. The summed E-state index contributed by atoms with van der Waals surface area (Å²) in [4.78, 5) is 36.0. The third-order valence-corrected chi connectivity index (χ3v) is 6.41. The Labute approximate surface area is 190 Å². The van der Waals surface area contributed by atoms with E-state index < -0.39 is 17.7 Å². The summed E-state index contributed by atoms with van der Waals surface area (Å²) in [6.45, 7) is 6.90. The smallest absolute Gasteiger partial charge is 0.410 e. The van der Waals surface area contributed by atoms with Crippen molar-refractivity contribution in [1.29, 1.82) is 0 Å². The molecular weight excluding hydrogens is 430 g/mol. The van der Waals surface area contributed by atoms with Gasteiger partial charge in [-0.2, -0.15) is 0 Å². The highest BCUT2D eigenvalue weighted by molar-refractivity contribution is 7.09. The molecule has 1 aromatic carbocycles. The first-order chi connectivity index (χ1) is 15.2. The van der Waals surface area contributed by atoms with E-state index in [9.17, 15) is 14.7 Å². The Morgan fingerprint density at radius 3 is 2.66 bits per heavy atom. The normalized spacial score (nSPS) is 19.4. The second-order valence-electron chi connectivity index (χ2n) is 8.93. The summed E-state index contributed by atoms with van der Waals surface area (Å²) in [5.41, 5.74) is 4.70. The van der Waals surface area contributed by atoms with Crippen LogP contribution in [0.15, 0.2) is 35.7 Å². The molecule has 0 radical (unpaired) electrons.